The topological polar surface area (TPSA) is 72.0 Å². The van der Waals surface area contributed by atoms with Crippen LogP contribution in [-0.4, -0.2) is 15.3 Å². The Balaban J connectivity index is 2.53. The maximum Gasteiger partial charge on any atom is 0.149 e. The van der Waals surface area contributed by atoms with Crippen molar-refractivity contribution in [2.45, 2.75) is 13.3 Å². The number of nitrogen functional groups attached to an aromatic ring is 1. The van der Waals surface area contributed by atoms with Crippen molar-refractivity contribution in [3.8, 4) is 17.0 Å². The van der Waals surface area contributed by atoms with Crippen LogP contribution in [-0.2, 0) is 6.42 Å². The minimum atomic E-state index is 0.198. The molecule has 4 heteroatoms. The van der Waals surface area contributed by atoms with Crippen molar-refractivity contribution in [3.05, 3.63) is 35.9 Å². The second-order valence-corrected chi connectivity index (χ2v) is 3.51. The van der Waals surface area contributed by atoms with Gasteiger partial charge in [-0.25, -0.2) is 0 Å². The van der Waals surface area contributed by atoms with Gasteiger partial charge in [-0.1, -0.05) is 19.1 Å². The van der Waals surface area contributed by atoms with Crippen molar-refractivity contribution in [2.24, 2.45) is 0 Å². The molecule has 0 atom stereocenters. The van der Waals surface area contributed by atoms with Crippen LogP contribution in [0.1, 0.15) is 12.5 Å². The quantitative estimate of drug-likeness (QED) is 0.803. The first-order chi connectivity index (χ1) is 7.72. The van der Waals surface area contributed by atoms with E-state index in [0.717, 1.165) is 12.0 Å². The van der Waals surface area contributed by atoms with E-state index in [-0.39, 0.29) is 5.75 Å². The molecule has 0 saturated carbocycles. The van der Waals surface area contributed by atoms with Gasteiger partial charge in [0.05, 0.1) is 5.69 Å². The lowest BCUT2D eigenvalue weighted by Crippen LogP contribution is -2.00. The summed E-state index contributed by atoms with van der Waals surface area (Å²) in [5.74, 6) is 0.644. The SMILES string of the molecule is CCc1cc(-c2ccccc2O)nnc1N. The number of nitrogens with two attached hydrogens (primary N) is 1. The van der Waals surface area contributed by atoms with E-state index < -0.39 is 0 Å². The number of aromatic hydroxyl groups is 1. The monoisotopic (exact) mass is 215 g/mol. The lowest BCUT2D eigenvalue weighted by molar-refractivity contribution is 0.477. The van der Waals surface area contributed by atoms with Crippen LogP contribution in [0, 0.1) is 0 Å². The predicted molar refractivity (Wildman–Crippen MR) is 62.9 cm³/mol. The molecule has 0 aliphatic rings. The number of hydrogen-bond acceptors (Lipinski definition) is 4. The highest BCUT2D eigenvalue weighted by atomic mass is 16.3. The molecule has 0 aliphatic heterocycles. The fraction of sp³-hybridized carbons (Fsp3) is 0.167. The van der Waals surface area contributed by atoms with Gasteiger partial charge in [-0.3, -0.25) is 0 Å². The summed E-state index contributed by atoms with van der Waals surface area (Å²) in [7, 11) is 0. The molecule has 3 N–H and O–H groups in total. The summed E-state index contributed by atoms with van der Waals surface area (Å²) in [6.45, 7) is 2.00. The van der Waals surface area contributed by atoms with Crippen molar-refractivity contribution in [1.82, 2.24) is 10.2 Å². The number of benzene rings is 1. The van der Waals surface area contributed by atoms with E-state index in [1.54, 1.807) is 18.2 Å². The number of anilines is 1. The molecule has 0 unspecified atom stereocenters. The van der Waals surface area contributed by atoms with E-state index in [9.17, 15) is 5.11 Å². The van der Waals surface area contributed by atoms with Gasteiger partial charge in [0, 0.05) is 5.56 Å². The molecule has 0 bridgehead atoms. The number of aryl methyl sites for hydroxylation is 1. The van der Waals surface area contributed by atoms with Crippen LogP contribution < -0.4 is 5.73 Å². The standard InChI is InChI=1S/C12H13N3O/c1-2-8-7-10(14-15-12(8)13)9-5-3-4-6-11(9)16/h3-7,16H,2H2,1H3,(H2,13,15). The number of phenolic OH excluding ortho intramolecular Hbond substituents is 1. The van der Waals surface area contributed by atoms with E-state index >= 15 is 0 Å². The highest BCUT2D eigenvalue weighted by Crippen LogP contribution is 2.27. The first-order valence-corrected chi connectivity index (χ1v) is 5.12. The lowest BCUT2D eigenvalue weighted by Gasteiger charge is -2.06. The van der Waals surface area contributed by atoms with E-state index in [4.69, 9.17) is 5.73 Å². The van der Waals surface area contributed by atoms with Crippen LogP contribution in [0.5, 0.6) is 5.75 Å². The van der Waals surface area contributed by atoms with Crippen molar-refractivity contribution in [3.63, 3.8) is 0 Å². The molecule has 0 amide bonds. The van der Waals surface area contributed by atoms with Crippen molar-refractivity contribution >= 4 is 5.82 Å². The van der Waals surface area contributed by atoms with Gasteiger partial charge in [-0.2, -0.15) is 0 Å². The minimum Gasteiger partial charge on any atom is -0.507 e. The zero-order chi connectivity index (χ0) is 11.5. The summed E-state index contributed by atoms with van der Waals surface area (Å²) < 4.78 is 0. The third-order valence-corrected chi connectivity index (χ3v) is 2.47. The molecule has 0 spiro atoms. The van der Waals surface area contributed by atoms with E-state index in [0.29, 0.717) is 17.1 Å². The summed E-state index contributed by atoms with van der Waals surface area (Å²) in [5, 5.41) is 17.6. The van der Waals surface area contributed by atoms with Gasteiger partial charge in [0.15, 0.2) is 0 Å². The second kappa shape index (κ2) is 4.18. The third kappa shape index (κ3) is 1.82. The smallest absolute Gasteiger partial charge is 0.149 e. The molecule has 16 heavy (non-hydrogen) atoms. The Morgan fingerprint density at radius 2 is 2.00 bits per heavy atom. The highest BCUT2D eigenvalue weighted by molar-refractivity contribution is 5.67. The molecule has 0 radical (unpaired) electrons. The van der Waals surface area contributed by atoms with Gasteiger partial charge in [0.2, 0.25) is 0 Å². The van der Waals surface area contributed by atoms with Crippen LogP contribution >= 0.6 is 0 Å². The second-order valence-electron chi connectivity index (χ2n) is 3.51. The largest absolute Gasteiger partial charge is 0.507 e. The minimum absolute atomic E-state index is 0.198. The Morgan fingerprint density at radius 1 is 1.25 bits per heavy atom. The Labute approximate surface area is 93.8 Å². The lowest BCUT2D eigenvalue weighted by atomic mass is 10.1. The normalized spacial score (nSPS) is 10.3. The van der Waals surface area contributed by atoms with E-state index in [2.05, 4.69) is 10.2 Å². The van der Waals surface area contributed by atoms with Crippen LogP contribution in [0.3, 0.4) is 0 Å². The fourth-order valence-electron chi connectivity index (χ4n) is 1.54. The molecule has 2 rings (SSSR count). The van der Waals surface area contributed by atoms with Crippen molar-refractivity contribution in [1.29, 1.82) is 0 Å². The van der Waals surface area contributed by atoms with Crippen LogP contribution in [0.15, 0.2) is 30.3 Å². The maximum atomic E-state index is 9.70. The average Bonchev–Trinajstić information content (AvgIpc) is 2.31. The summed E-state index contributed by atoms with van der Waals surface area (Å²) in [6, 6.07) is 8.90. The van der Waals surface area contributed by atoms with Crippen LogP contribution in [0.4, 0.5) is 5.82 Å². The summed E-state index contributed by atoms with van der Waals surface area (Å²) in [5.41, 5.74) is 7.93. The summed E-state index contributed by atoms with van der Waals surface area (Å²) >= 11 is 0. The third-order valence-electron chi connectivity index (χ3n) is 2.47. The molecular weight excluding hydrogens is 202 g/mol. The van der Waals surface area contributed by atoms with Crippen LogP contribution in [0.2, 0.25) is 0 Å². The van der Waals surface area contributed by atoms with Gasteiger partial charge < -0.3 is 10.8 Å². The molecule has 4 nitrogen and oxygen atoms in total. The highest BCUT2D eigenvalue weighted by Gasteiger charge is 2.08. The number of aromatic nitrogens is 2. The molecule has 0 fully saturated rings. The number of hydrogen-bond donors (Lipinski definition) is 2. The number of phenols is 1. The first kappa shape index (κ1) is 10.4. The number of nitrogens with zero attached hydrogens (tertiary/aromatic N) is 2. The zero-order valence-corrected chi connectivity index (χ0v) is 9.01. The zero-order valence-electron chi connectivity index (χ0n) is 9.01. The van der Waals surface area contributed by atoms with Gasteiger partial charge in [0.25, 0.3) is 0 Å². The molecular formula is C12H13N3O. The van der Waals surface area contributed by atoms with E-state index in [1.165, 1.54) is 0 Å². The van der Waals surface area contributed by atoms with Gasteiger partial charge >= 0.3 is 0 Å². The molecule has 82 valence electrons. The molecule has 0 saturated heterocycles. The molecule has 1 heterocycles. The molecule has 1 aromatic carbocycles. The Bertz CT molecular complexity index is 511. The maximum absolute atomic E-state index is 9.70. The van der Waals surface area contributed by atoms with Crippen LogP contribution in [0.25, 0.3) is 11.3 Å². The van der Waals surface area contributed by atoms with Gasteiger partial charge in [0.1, 0.15) is 11.6 Å². The predicted octanol–water partition coefficient (Wildman–Crippen LogP) is 1.99. The molecule has 1 aromatic heterocycles. The Morgan fingerprint density at radius 3 is 2.69 bits per heavy atom. The van der Waals surface area contributed by atoms with Crippen molar-refractivity contribution in [2.75, 3.05) is 5.73 Å². The molecule has 0 aliphatic carbocycles. The van der Waals surface area contributed by atoms with Gasteiger partial charge in [-0.05, 0) is 30.2 Å². The van der Waals surface area contributed by atoms with E-state index in [1.807, 2.05) is 19.1 Å². The van der Waals surface area contributed by atoms with Crippen molar-refractivity contribution < 1.29 is 5.11 Å². The average molecular weight is 215 g/mol. The number of para-hydroxylation sites is 1. The Hall–Kier alpha value is -2.10. The van der Waals surface area contributed by atoms with Gasteiger partial charge in [-0.15, -0.1) is 10.2 Å². The Kier molecular flexibility index (Phi) is 2.72. The molecule has 2 aromatic rings. The summed E-state index contributed by atoms with van der Waals surface area (Å²) in [6.07, 6.45) is 0.794. The number of rotatable bonds is 2. The first-order valence-electron chi connectivity index (χ1n) is 5.12. The summed E-state index contributed by atoms with van der Waals surface area (Å²) in [4.78, 5) is 0. The fourth-order valence-corrected chi connectivity index (χ4v) is 1.54.